The third kappa shape index (κ3) is 2.61. The van der Waals surface area contributed by atoms with Crippen molar-refractivity contribution >= 4 is 0 Å². The average molecular weight is 211 g/mol. The maximum Gasteiger partial charge on any atom is 0.157 e. The van der Waals surface area contributed by atoms with Crippen LogP contribution >= 0.6 is 0 Å². The molecule has 4 nitrogen and oxygen atoms in total. The van der Waals surface area contributed by atoms with Gasteiger partial charge in [-0.05, 0) is 31.2 Å². The molecule has 0 fully saturated rings. The molecule has 0 aromatic heterocycles. The van der Waals surface area contributed by atoms with Crippen LogP contribution in [0.25, 0.3) is 0 Å². The molecule has 2 atom stereocenters. The number of hydrogen-bond acceptors (Lipinski definition) is 4. The van der Waals surface area contributed by atoms with E-state index in [9.17, 15) is 10.2 Å². The zero-order valence-corrected chi connectivity index (χ0v) is 8.94. The van der Waals surface area contributed by atoms with E-state index in [-0.39, 0.29) is 17.5 Å². The first kappa shape index (κ1) is 11.8. The minimum Gasteiger partial charge on any atom is -0.504 e. The first-order chi connectivity index (χ1) is 7.10. The zero-order valence-electron chi connectivity index (χ0n) is 8.94. The van der Waals surface area contributed by atoms with Crippen molar-refractivity contribution in [2.45, 2.75) is 25.5 Å². The number of hydrogen-bond donors (Lipinski definition) is 4. The number of likely N-dealkylation sites (N-methyl/N-ethyl adjacent to an activating group) is 1. The highest BCUT2D eigenvalue weighted by Gasteiger charge is 2.18. The van der Waals surface area contributed by atoms with Gasteiger partial charge >= 0.3 is 0 Å². The molecule has 84 valence electrons. The van der Waals surface area contributed by atoms with Crippen LogP contribution < -0.4 is 5.32 Å². The minimum absolute atomic E-state index is 0.0612. The summed E-state index contributed by atoms with van der Waals surface area (Å²) in [5.74, 6) is -0.388. The topological polar surface area (TPSA) is 72.7 Å². The maximum atomic E-state index is 9.94. The number of benzene rings is 1. The molecule has 4 N–H and O–H groups in total. The Hall–Kier alpha value is -1.26. The van der Waals surface area contributed by atoms with E-state index in [0.29, 0.717) is 5.56 Å². The molecule has 15 heavy (non-hydrogen) atoms. The number of phenolic OH excluding ortho intramolecular Hbond substituents is 2. The number of aromatic hydroxyl groups is 2. The van der Waals surface area contributed by atoms with Crippen molar-refractivity contribution in [1.29, 1.82) is 0 Å². The third-order valence-corrected chi connectivity index (χ3v) is 2.53. The van der Waals surface area contributed by atoms with E-state index in [0.717, 1.165) is 6.42 Å². The molecule has 0 bridgehead atoms. The Balaban J connectivity index is 2.90. The molecule has 0 aliphatic rings. The average Bonchev–Trinajstić information content (AvgIpc) is 2.23. The molecule has 0 saturated carbocycles. The number of aliphatic hydroxyl groups excluding tert-OH is 1. The molecule has 4 heteroatoms. The second kappa shape index (κ2) is 5.00. The first-order valence-corrected chi connectivity index (χ1v) is 4.97. The van der Waals surface area contributed by atoms with E-state index in [1.54, 1.807) is 13.1 Å². The van der Waals surface area contributed by atoms with Gasteiger partial charge < -0.3 is 20.6 Å². The molecular formula is C11H17NO3. The number of phenols is 2. The van der Waals surface area contributed by atoms with Crippen LogP contribution in [0.4, 0.5) is 0 Å². The van der Waals surface area contributed by atoms with Crippen molar-refractivity contribution < 1.29 is 15.3 Å². The Bertz CT molecular complexity index is 324. The van der Waals surface area contributed by atoms with Crippen molar-refractivity contribution in [3.8, 4) is 11.5 Å². The van der Waals surface area contributed by atoms with Gasteiger partial charge in [0.05, 0.1) is 6.10 Å². The van der Waals surface area contributed by atoms with Crippen LogP contribution in [0.3, 0.4) is 0 Å². The van der Waals surface area contributed by atoms with Gasteiger partial charge in [-0.15, -0.1) is 0 Å². The summed E-state index contributed by atoms with van der Waals surface area (Å²) in [4.78, 5) is 0. The second-order valence-corrected chi connectivity index (χ2v) is 3.50. The second-order valence-electron chi connectivity index (χ2n) is 3.50. The highest BCUT2D eigenvalue weighted by atomic mass is 16.3. The summed E-state index contributed by atoms with van der Waals surface area (Å²) >= 11 is 0. The first-order valence-electron chi connectivity index (χ1n) is 4.97. The standard InChI is InChI=1S/C11H17NO3/c1-3-8(12-2)11(15)7-4-5-9(13)10(14)6-7/h4-6,8,11-15H,3H2,1-2H3. The molecule has 0 aliphatic carbocycles. The zero-order chi connectivity index (χ0) is 11.4. The van der Waals surface area contributed by atoms with Crippen LogP contribution in [-0.2, 0) is 0 Å². The van der Waals surface area contributed by atoms with Gasteiger partial charge in [0.25, 0.3) is 0 Å². The van der Waals surface area contributed by atoms with Crippen molar-refractivity contribution in [1.82, 2.24) is 5.32 Å². The fraction of sp³-hybridized carbons (Fsp3) is 0.455. The summed E-state index contributed by atoms with van der Waals surface area (Å²) < 4.78 is 0. The van der Waals surface area contributed by atoms with Gasteiger partial charge in [-0.1, -0.05) is 13.0 Å². The molecule has 2 unspecified atom stereocenters. The summed E-state index contributed by atoms with van der Waals surface area (Å²) in [6.45, 7) is 1.96. The fourth-order valence-electron chi connectivity index (χ4n) is 1.54. The van der Waals surface area contributed by atoms with Gasteiger partial charge in [0, 0.05) is 6.04 Å². The highest BCUT2D eigenvalue weighted by molar-refractivity contribution is 5.41. The van der Waals surface area contributed by atoms with E-state index in [4.69, 9.17) is 5.11 Å². The Labute approximate surface area is 89.2 Å². The van der Waals surface area contributed by atoms with E-state index in [1.807, 2.05) is 6.92 Å². The Kier molecular flexibility index (Phi) is 3.94. The molecule has 0 radical (unpaired) electrons. The van der Waals surface area contributed by atoms with Crippen LogP contribution in [0.2, 0.25) is 0 Å². The molecular weight excluding hydrogens is 194 g/mol. The Morgan fingerprint density at radius 3 is 2.40 bits per heavy atom. The molecule has 1 rings (SSSR count). The van der Waals surface area contributed by atoms with Gasteiger partial charge in [-0.25, -0.2) is 0 Å². The summed E-state index contributed by atoms with van der Waals surface area (Å²) in [5, 5.41) is 31.4. The van der Waals surface area contributed by atoms with Crippen LogP contribution in [0, 0.1) is 0 Å². The quantitative estimate of drug-likeness (QED) is 0.563. The smallest absolute Gasteiger partial charge is 0.157 e. The monoisotopic (exact) mass is 211 g/mol. The van der Waals surface area contributed by atoms with E-state index >= 15 is 0 Å². The molecule has 0 saturated heterocycles. The van der Waals surface area contributed by atoms with Crippen molar-refractivity contribution in [2.24, 2.45) is 0 Å². The van der Waals surface area contributed by atoms with Crippen LogP contribution in [-0.4, -0.2) is 28.4 Å². The van der Waals surface area contributed by atoms with Gasteiger partial charge in [0.1, 0.15) is 0 Å². The minimum atomic E-state index is -0.688. The van der Waals surface area contributed by atoms with Gasteiger partial charge in [-0.3, -0.25) is 0 Å². The van der Waals surface area contributed by atoms with Gasteiger partial charge in [-0.2, -0.15) is 0 Å². The number of rotatable bonds is 4. The Morgan fingerprint density at radius 2 is 1.93 bits per heavy atom. The molecule has 1 aromatic rings. The van der Waals surface area contributed by atoms with E-state index in [2.05, 4.69) is 5.32 Å². The van der Waals surface area contributed by atoms with Crippen molar-refractivity contribution in [2.75, 3.05) is 7.05 Å². The van der Waals surface area contributed by atoms with Crippen LogP contribution in [0.5, 0.6) is 11.5 Å². The highest BCUT2D eigenvalue weighted by Crippen LogP contribution is 2.29. The van der Waals surface area contributed by atoms with E-state index in [1.165, 1.54) is 12.1 Å². The normalized spacial score (nSPS) is 14.9. The predicted molar refractivity (Wildman–Crippen MR) is 57.9 cm³/mol. The molecule has 0 heterocycles. The largest absolute Gasteiger partial charge is 0.504 e. The van der Waals surface area contributed by atoms with Crippen molar-refractivity contribution in [3.05, 3.63) is 23.8 Å². The Morgan fingerprint density at radius 1 is 1.27 bits per heavy atom. The van der Waals surface area contributed by atoms with Gasteiger partial charge in [0.2, 0.25) is 0 Å². The molecule has 0 spiro atoms. The lowest BCUT2D eigenvalue weighted by atomic mass is 10.00. The molecule has 0 amide bonds. The molecule has 0 aliphatic heterocycles. The summed E-state index contributed by atoms with van der Waals surface area (Å²) in [7, 11) is 1.78. The maximum absolute atomic E-state index is 9.94. The summed E-state index contributed by atoms with van der Waals surface area (Å²) in [6.07, 6.45) is 0.0887. The van der Waals surface area contributed by atoms with E-state index < -0.39 is 6.10 Å². The number of aliphatic hydroxyl groups is 1. The van der Waals surface area contributed by atoms with Crippen LogP contribution in [0.1, 0.15) is 25.0 Å². The van der Waals surface area contributed by atoms with Crippen molar-refractivity contribution in [3.63, 3.8) is 0 Å². The SMILES string of the molecule is CCC(NC)C(O)c1ccc(O)c(O)c1. The fourth-order valence-corrected chi connectivity index (χ4v) is 1.54. The third-order valence-electron chi connectivity index (χ3n) is 2.53. The predicted octanol–water partition coefficient (Wildman–Crippen LogP) is 1.13. The van der Waals surface area contributed by atoms with Gasteiger partial charge in [0.15, 0.2) is 11.5 Å². The lowest BCUT2D eigenvalue weighted by molar-refractivity contribution is 0.130. The lowest BCUT2D eigenvalue weighted by Crippen LogP contribution is -2.31. The lowest BCUT2D eigenvalue weighted by Gasteiger charge is -2.21. The summed E-state index contributed by atoms with van der Waals surface area (Å²) in [6, 6.07) is 4.28. The summed E-state index contributed by atoms with van der Waals surface area (Å²) in [5.41, 5.74) is 0.589. The number of nitrogens with one attached hydrogen (secondary N) is 1. The van der Waals surface area contributed by atoms with Crippen LogP contribution in [0.15, 0.2) is 18.2 Å². The molecule has 1 aromatic carbocycles.